The Bertz CT molecular complexity index is 1250. The lowest BCUT2D eigenvalue weighted by Gasteiger charge is -2.35. The van der Waals surface area contributed by atoms with E-state index in [1.165, 1.54) is 7.11 Å². The number of Topliss-reactive ketones (excluding diaryl/α,β-unsaturated/α-hetero) is 1. The zero-order valence-electron chi connectivity index (χ0n) is 21.8. The summed E-state index contributed by atoms with van der Waals surface area (Å²) in [6.07, 6.45) is 0.149. The van der Waals surface area contributed by atoms with Crippen molar-refractivity contribution in [1.29, 1.82) is 0 Å². The van der Waals surface area contributed by atoms with Crippen LogP contribution in [-0.2, 0) is 22.6 Å². The minimum atomic E-state index is -0.707. The van der Waals surface area contributed by atoms with E-state index < -0.39 is 12.0 Å². The number of ether oxygens (including phenoxy) is 2. The maximum atomic E-state index is 13.6. The van der Waals surface area contributed by atoms with Crippen molar-refractivity contribution in [3.63, 3.8) is 0 Å². The molecule has 38 heavy (non-hydrogen) atoms. The van der Waals surface area contributed by atoms with Gasteiger partial charge in [-0.1, -0.05) is 103 Å². The Morgan fingerprint density at radius 3 is 1.66 bits per heavy atom. The number of carbonyl (C=O) groups excluding carboxylic acids is 2. The highest BCUT2D eigenvalue weighted by molar-refractivity contribution is 5.97. The summed E-state index contributed by atoms with van der Waals surface area (Å²) in [4.78, 5) is 29.2. The lowest BCUT2D eigenvalue weighted by molar-refractivity contribution is -0.148. The summed E-state index contributed by atoms with van der Waals surface area (Å²) >= 11 is 0. The molecule has 0 aromatic heterocycles. The van der Waals surface area contributed by atoms with E-state index in [0.717, 1.165) is 16.7 Å². The fraction of sp³-hybridized carbons (Fsp3) is 0.212. The molecule has 0 aliphatic heterocycles. The number of benzene rings is 4. The first-order chi connectivity index (χ1) is 18.6. The van der Waals surface area contributed by atoms with Gasteiger partial charge in [-0.25, -0.2) is 0 Å². The number of methoxy groups -OCH3 is 2. The number of nitrogens with zero attached hydrogens (tertiary/aromatic N) is 1. The molecule has 0 saturated heterocycles. The summed E-state index contributed by atoms with van der Waals surface area (Å²) in [5.41, 5.74) is 3.63. The van der Waals surface area contributed by atoms with Gasteiger partial charge in [0.15, 0.2) is 5.78 Å². The maximum Gasteiger partial charge on any atom is 0.323 e. The summed E-state index contributed by atoms with van der Waals surface area (Å²) in [5, 5.41) is 0. The van der Waals surface area contributed by atoms with Gasteiger partial charge in [-0.15, -0.1) is 0 Å². The predicted octanol–water partition coefficient (Wildman–Crippen LogP) is 6.30. The predicted molar refractivity (Wildman–Crippen MR) is 149 cm³/mol. The second kappa shape index (κ2) is 13.4. The fourth-order valence-corrected chi connectivity index (χ4v) is 4.78. The van der Waals surface area contributed by atoms with E-state index >= 15 is 0 Å². The van der Waals surface area contributed by atoms with Gasteiger partial charge in [0.2, 0.25) is 0 Å². The number of esters is 1. The molecule has 0 bridgehead atoms. The highest BCUT2D eigenvalue weighted by atomic mass is 16.5. The Morgan fingerprint density at radius 1 is 0.684 bits per heavy atom. The van der Waals surface area contributed by atoms with E-state index in [9.17, 15) is 9.59 Å². The van der Waals surface area contributed by atoms with E-state index in [2.05, 4.69) is 4.90 Å². The molecule has 0 unspecified atom stereocenters. The zero-order valence-corrected chi connectivity index (χ0v) is 21.8. The summed E-state index contributed by atoms with van der Waals surface area (Å²) in [7, 11) is 3.02. The van der Waals surface area contributed by atoms with Crippen LogP contribution in [-0.4, -0.2) is 36.9 Å². The molecule has 0 aliphatic carbocycles. The Morgan fingerprint density at radius 2 is 1.18 bits per heavy atom. The summed E-state index contributed by atoms with van der Waals surface area (Å²) in [5.74, 6) is -0.145. The van der Waals surface area contributed by atoms with Crippen LogP contribution in [0.4, 0.5) is 0 Å². The van der Waals surface area contributed by atoms with Crippen LogP contribution in [0.25, 0.3) is 0 Å². The fourth-order valence-electron chi connectivity index (χ4n) is 4.78. The molecular weight excluding hydrogens is 474 g/mol. The third kappa shape index (κ3) is 6.96. The first-order valence-corrected chi connectivity index (χ1v) is 12.7. The highest BCUT2D eigenvalue weighted by Crippen LogP contribution is 2.33. The SMILES string of the molecule is COC(=O)[C@H]([C@@H](CC(=O)c1ccccc1)c1ccc(OC)cc1)N(Cc1ccccc1)Cc1ccccc1. The molecule has 0 amide bonds. The minimum absolute atomic E-state index is 0.0281. The van der Waals surface area contributed by atoms with Gasteiger partial charge in [0.25, 0.3) is 0 Å². The van der Waals surface area contributed by atoms with Crippen LogP contribution in [0.5, 0.6) is 5.75 Å². The van der Waals surface area contributed by atoms with Gasteiger partial charge in [-0.05, 0) is 28.8 Å². The molecule has 4 aromatic carbocycles. The second-order valence-electron chi connectivity index (χ2n) is 9.22. The molecule has 0 saturated carbocycles. The molecule has 0 aliphatic rings. The molecule has 5 heteroatoms. The lowest BCUT2D eigenvalue weighted by atomic mass is 9.84. The van der Waals surface area contributed by atoms with Crippen LogP contribution in [0, 0.1) is 0 Å². The van der Waals surface area contributed by atoms with E-state index in [0.29, 0.717) is 24.4 Å². The third-order valence-electron chi connectivity index (χ3n) is 6.72. The van der Waals surface area contributed by atoms with E-state index in [4.69, 9.17) is 9.47 Å². The number of hydrogen-bond acceptors (Lipinski definition) is 5. The monoisotopic (exact) mass is 507 g/mol. The molecule has 2 atom stereocenters. The van der Waals surface area contributed by atoms with Gasteiger partial charge < -0.3 is 9.47 Å². The van der Waals surface area contributed by atoms with Gasteiger partial charge >= 0.3 is 5.97 Å². The van der Waals surface area contributed by atoms with Crippen LogP contribution >= 0.6 is 0 Å². The van der Waals surface area contributed by atoms with Crippen molar-refractivity contribution in [2.75, 3.05) is 14.2 Å². The molecule has 0 fully saturated rings. The quantitative estimate of drug-likeness (QED) is 0.166. The number of carbonyl (C=O) groups is 2. The highest BCUT2D eigenvalue weighted by Gasteiger charge is 2.37. The molecule has 194 valence electrons. The van der Waals surface area contributed by atoms with Crippen molar-refractivity contribution in [1.82, 2.24) is 4.90 Å². The molecule has 4 aromatic rings. The third-order valence-corrected chi connectivity index (χ3v) is 6.72. The van der Waals surface area contributed by atoms with Crippen molar-refractivity contribution < 1.29 is 19.1 Å². The van der Waals surface area contributed by atoms with Crippen molar-refractivity contribution in [3.05, 3.63) is 138 Å². The topological polar surface area (TPSA) is 55.8 Å². The van der Waals surface area contributed by atoms with Crippen LogP contribution < -0.4 is 4.74 Å². The molecule has 4 rings (SSSR count). The summed E-state index contributed by atoms with van der Waals surface area (Å²) < 4.78 is 10.8. The standard InChI is InChI=1S/C33H33NO4/c1-37-29-20-18-27(19-21-29)30(22-31(35)28-16-10-5-11-17-28)32(33(36)38-2)34(23-25-12-6-3-7-13-25)24-26-14-8-4-9-15-26/h3-21,30,32H,22-24H2,1-2H3/t30-,32-/m0/s1. The van der Waals surface area contributed by atoms with E-state index in [1.54, 1.807) is 7.11 Å². The molecule has 5 nitrogen and oxygen atoms in total. The number of ketones is 1. The summed E-state index contributed by atoms with van der Waals surface area (Å²) in [6.45, 7) is 1.03. The normalized spacial score (nSPS) is 12.5. The largest absolute Gasteiger partial charge is 0.497 e. The number of rotatable bonds is 12. The van der Waals surface area contributed by atoms with Gasteiger partial charge in [-0.2, -0.15) is 0 Å². The van der Waals surface area contributed by atoms with Crippen molar-refractivity contribution in [3.8, 4) is 5.75 Å². The minimum Gasteiger partial charge on any atom is -0.497 e. The zero-order chi connectivity index (χ0) is 26.7. The maximum absolute atomic E-state index is 13.6. The molecule has 0 radical (unpaired) electrons. The van der Waals surface area contributed by atoms with Crippen LogP contribution in [0.2, 0.25) is 0 Å². The van der Waals surface area contributed by atoms with Gasteiger partial charge in [0.1, 0.15) is 11.8 Å². The van der Waals surface area contributed by atoms with Crippen LogP contribution in [0.15, 0.2) is 115 Å². The van der Waals surface area contributed by atoms with Gasteiger partial charge in [0, 0.05) is 31.0 Å². The van der Waals surface area contributed by atoms with Crippen LogP contribution in [0.1, 0.15) is 39.4 Å². The Kier molecular flexibility index (Phi) is 9.43. The van der Waals surface area contributed by atoms with E-state index in [1.807, 2.05) is 115 Å². The first-order valence-electron chi connectivity index (χ1n) is 12.7. The average Bonchev–Trinajstić information content (AvgIpc) is 2.98. The molecule has 0 spiro atoms. The molecular formula is C33H33NO4. The smallest absolute Gasteiger partial charge is 0.323 e. The number of hydrogen-bond donors (Lipinski definition) is 0. The van der Waals surface area contributed by atoms with Crippen molar-refractivity contribution >= 4 is 11.8 Å². The Hall–Kier alpha value is -4.22. The molecule has 0 N–H and O–H groups in total. The first kappa shape index (κ1) is 26.8. The second-order valence-corrected chi connectivity index (χ2v) is 9.22. The van der Waals surface area contributed by atoms with Gasteiger partial charge in [-0.3, -0.25) is 14.5 Å². The van der Waals surface area contributed by atoms with Crippen molar-refractivity contribution in [2.45, 2.75) is 31.5 Å². The van der Waals surface area contributed by atoms with Gasteiger partial charge in [0.05, 0.1) is 14.2 Å². The van der Waals surface area contributed by atoms with E-state index in [-0.39, 0.29) is 18.2 Å². The summed E-state index contributed by atoms with van der Waals surface area (Å²) in [6, 6.07) is 36.2. The Labute approximate surface area is 224 Å². The lowest BCUT2D eigenvalue weighted by Crippen LogP contribution is -2.45. The average molecular weight is 508 g/mol. The molecule has 0 heterocycles. The van der Waals surface area contributed by atoms with Crippen molar-refractivity contribution in [2.24, 2.45) is 0 Å². The Balaban J connectivity index is 1.79. The van der Waals surface area contributed by atoms with Crippen LogP contribution in [0.3, 0.4) is 0 Å².